The molecule has 0 aromatic heterocycles. The van der Waals surface area contributed by atoms with Crippen LogP contribution in [0.25, 0.3) is 0 Å². The van der Waals surface area contributed by atoms with Crippen molar-refractivity contribution in [1.82, 2.24) is 0 Å². The Hall–Kier alpha value is 0.596. The summed E-state index contributed by atoms with van der Waals surface area (Å²) in [7, 11) is 0. The van der Waals surface area contributed by atoms with E-state index in [1.165, 1.54) is 0 Å². The van der Waals surface area contributed by atoms with Gasteiger partial charge in [0, 0.05) is 51.4 Å². The quantitative estimate of drug-likeness (QED) is 0.535. The van der Waals surface area contributed by atoms with Crippen molar-refractivity contribution in [2.24, 2.45) is 5.41 Å². The Morgan fingerprint density at radius 3 is 2.11 bits per heavy atom. The summed E-state index contributed by atoms with van der Waals surface area (Å²) < 4.78 is 0. The van der Waals surface area contributed by atoms with E-state index in [9.17, 15) is 4.79 Å². The Morgan fingerprint density at radius 2 is 2.11 bits per heavy atom. The molecule has 0 spiro atoms. The van der Waals surface area contributed by atoms with Crippen molar-refractivity contribution in [1.29, 1.82) is 5.26 Å². The molecule has 1 radical (unpaired) electrons. The summed E-state index contributed by atoms with van der Waals surface area (Å²) in [5, 5.41) is 16.5. The van der Waals surface area contributed by atoms with Crippen LogP contribution in [0.3, 0.4) is 0 Å². The summed E-state index contributed by atoms with van der Waals surface area (Å²) in [6.45, 7) is 0. The minimum atomic E-state index is -0.986. The Labute approximate surface area is 95.5 Å². The fourth-order valence-corrected chi connectivity index (χ4v) is 0.498. The molecular formula is C5H5KNO2. The minimum Gasteiger partial charge on any atom is -0.480 e. The van der Waals surface area contributed by atoms with Gasteiger partial charge in [0.15, 0.2) is 5.41 Å². The van der Waals surface area contributed by atoms with Gasteiger partial charge in [0.2, 0.25) is 0 Å². The van der Waals surface area contributed by atoms with Crippen molar-refractivity contribution in [2.45, 2.75) is 12.8 Å². The van der Waals surface area contributed by atoms with Crippen molar-refractivity contribution in [2.75, 3.05) is 0 Å². The first-order chi connectivity index (χ1) is 3.71. The molecule has 1 saturated carbocycles. The molecular weight excluding hydrogens is 145 g/mol. The van der Waals surface area contributed by atoms with Gasteiger partial charge >= 0.3 is 5.97 Å². The van der Waals surface area contributed by atoms with Gasteiger partial charge in [-0.05, 0) is 12.8 Å². The van der Waals surface area contributed by atoms with Crippen LogP contribution in [0.2, 0.25) is 0 Å². The zero-order valence-electron chi connectivity index (χ0n) is 5.22. The molecule has 0 aliphatic heterocycles. The second-order valence-electron chi connectivity index (χ2n) is 2.00. The van der Waals surface area contributed by atoms with Crippen molar-refractivity contribution < 1.29 is 9.90 Å². The molecule has 0 aromatic carbocycles. The topological polar surface area (TPSA) is 61.1 Å². The Bertz CT molecular complexity index is 168. The molecule has 0 bridgehead atoms. The van der Waals surface area contributed by atoms with Gasteiger partial charge in [-0.3, -0.25) is 4.79 Å². The normalized spacial score (nSPS) is 19.0. The molecule has 0 amide bonds. The zero-order valence-corrected chi connectivity index (χ0v) is 8.34. The van der Waals surface area contributed by atoms with Crippen LogP contribution in [-0.2, 0) is 4.79 Å². The number of aliphatic carboxylic acids is 1. The first-order valence-electron chi connectivity index (χ1n) is 2.36. The van der Waals surface area contributed by atoms with Crippen LogP contribution in [0.5, 0.6) is 0 Å². The number of hydrogen-bond acceptors (Lipinski definition) is 2. The van der Waals surface area contributed by atoms with E-state index in [1.54, 1.807) is 6.07 Å². The second-order valence-corrected chi connectivity index (χ2v) is 2.00. The standard InChI is InChI=1S/C5H5NO2.K/c6-3-5(1-2-5)4(7)8;/h1-2H2,(H,7,8);. The molecule has 1 rings (SSSR count). The molecule has 0 heterocycles. The van der Waals surface area contributed by atoms with Crippen LogP contribution < -0.4 is 0 Å². The van der Waals surface area contributed by atoms with E-state index in [4.69, 9.17) is 10.4 Å². The van der Waals surface area contributed by atoms with Crippen LogP contribution in [-0.4, -0.2) is 62.5 Å². The molecule has 3 nitrogen and oxygen atoms in total. The molecule has 1 aliphatic rings. The molecule has 0 unspecified atom stereocenters. The van der Waals surface area contributed by atoms with E-state index in [0.29, 0.717) is 12.8 Å². The summed E-state index contributed by atoms with van der Waals surface area (Å²) in [6.07, 6.45) is 1.05. The molecule has 0 atom stereocenters. The van der Waals surface area contributed by atoms with Crippen molar-refractivity contribution >= 4 is 57.4 Å². The van der Waals surface area contributed by atoms with E-state index >= 15 is 0 Å². The van der Waals surface area contributed by atoms with Gasteiger partial charge in [-0.1, -0.05) is 0 Å². The van der Waals surface area contributed by atoms with Crippen LogP contribution in [0.4, 0.5) is 0 Å². The number of hydrogen-bond donors (Lipinski definition) is 1. The maximum atomic E-state index is 10.1. The van der Waals surface area contributed by atoms with Crippen LogP contribution in [0.1, 0.15) is 12.8 Å². The third kappa shape index (κ3) is 1.76. The minimum absolute atomic E-state index is 0. The number of carboxylic acids is 1. The molecule has 0 saturated heterocycles. The third-order valence-electron chi connectivity index (χ3n) is 1.37. The van der Waals surface area contributed by atoms with Gasteiger partial charge in [0.05, 0.1) is 6.07 Å². The third-order valence-corrected chi connectivity index (χ3v) is 1.37. The van der Waals surface area contributed by atoms with Gasteiger partial charge in [-0.25, -0.2) is 0 Å². The van der Waals surface area contributed by atoms with Crippen LogP contribution >= 0.6 is 0 Å². The molecule has 4 heteroatoms. The van der Waals surface area contributed by atoms with Crippen molar-refractivity contribution in [3.8, 4) is 6.07 Å². The summed E-state index contributed by atoms with van der Waals surface area (Å²) in [5.41, 5.74) is -0.986. The molecule has 1 aliphatic carbocycles. The van der Waals surface area contributed by atoms with Gasteiger partial charge in [-0.15, -0.1) is 0 Å². The summed E-state index contributed by atoms with van der Waals surface area (Å²) in [6, 6.07) is 1.75. The summed E-state index contributed by atoms with van der Waals surface area (Å²) >= 11 is 0. The summed E-state index contributed by atoms with van der Waals surface area (Å²) in [5.74, 6) is -0.972. The fourth-order valence-electron chi connectivity index (χ4n) is 0.498. The predicted molar refractivity (Wildman–Crippen MR) is 30.7 cm³/mol. The number of rotatable bonds is 1. The van der Waals surface area contributed by atoms with Crippen LogP contribution in [0, 0.1) is 16.7 Å². The Balaban J connectivity index is 0.000000640. The number of carboxylic acid groups (broad SMARTS) is 1. The van der Waals surface area contributed by atoms with Crippen molar-refractivity contribution in [3.63, 3.8) is 0 Å². The first-order valence-corrected chi connectivity index (χ1v) is 2.36. The van der Waals surface area contributed by atoms with Crippen LogP contribution in [0.15, 0.2) is 0 Å². The fraction of sp³-hybridized carbons (Fsp3) is 0.600. The Kier molecular flexibility index (Phi) is 3.33. The zero-order chi connectivity index (χ0) is 6.20. The average molecular weight is 150 g/mol. The molecule has 43 valence electrons. The maximum absolute atomic E-state index is 10.1. The molecule has 1 N–H and O–H groups in total. The monoisotopic (exact) mass is 150 g/mol. The van der Waals surface area contributed by atoms with E-state index < -0.39 is 11.4 Å². The van der Waals surface area contributed by atoms with E-state index in [0.717, 1.165) is 0 Å². The first kappa shape index (κ1) is 9.60. The van der Waals surface area contributed by atoms with E-state index in [1.807, 2.05) is 0 Å². The van der Waals surface area contributed by atoms with Gasteiger partial charge in [-0.2, -0.15) is 5.26 Å². The smallest absolute Gasteiger partial charge is 0.324 e. The van der Waals surface area contributed by atoms with Crippen molar-refractivity contribution in [3.05, 3.63) is 0 Å². The van der Waals surface area contributed by atoms with Gasteiger partial charge in [0.1, 0.15) is 0 Å². The second kappa shape index (κ2) is 3.13. The van der Waals surface area contributed by atoms with Gasteiger partial charge < -0.3 is 5.11 Å². The largest absolute Gasteiger partial charge is 0.480 e. The molecule has 1 fully saturated rings. The Morgan fingerprint density at radius 1 is 1.67 bits per heavy atom. The predicted octanol–water partition coefficient (Wildman–Crippen LogP) is -0.00602. The van der Waals surface area contributed by atoms with E-state index in [-0.39, 0.29) is 51.4 Å². The molecule has 9 heavy (non-hydrogen) atoms. The number of nitriles is 1. The number of nitrogens with zero attached hydrogens (tertiary/aromatic N) is 1. The SMILES string of the molecule is N#CC1(C(=O)O)CC1.[K]. The average Bonchev–Trinajstić information content (AvgIpc) is 2.44. The maximum Gasteiger partial charge on any atom is 0.324 e. The summed E-state index contributed by atoms with van der Waals surface area (Å²) in [4.78, 5) is 10.1. The van der Waals surface area contributed by atoms with E-state index in [2.05, 4.69) is 0 Å². The molecule has 0 aromatic rings. The van der Waals surface area contributed by atoms with Gasteiger partial charge in [0.25, 0.3) is 0 Å². The number of carbonyl (C=O) groups is 1.